The van der Waals surface area contributed by atoms with E-state index in [-0.39, 0.29) is 17.9 Å². The summed E-state index contributed by atoms with van der Waals surface area (Å²) in [5, 5.41) is 2.83. The first-order chi connectivity index (χ1) is 16.0. The van der Waals surface area contributed by atoms with Gasteiger partial charge in [0.1, 0.15) is 11.5 Å². The molecule has 2 atom stereocenters. The van der Waals surface area contributed by atoms with Crippen LogP contribution in [0.15, 0.2) is 65.3 Å². The first kappa shape index (κ1) is 22.6. The van der Waals surface area contributed by atoms with Crippen LogP contribution in [0.5, 0.6) is 5.75 Å². The third kappa shape index (κ3) is 5.11. The first-order valence-electron chi connectivity index (χ1n) is 11.4. The molecule has 0 saturated carbocycles. The zero-order valence-corrected chi connectivity index (χ0v) is 19.3. The van der Waals surface area contributed by atoms with E-state index < -0.39 is 6.10 Å². The van der Waals surface area contributed by atoms with Crippen molar-refractivity contribution in [3.63, 3.8) is 0 Å². The van der Waals surface area contributed by atoms with Crippen molar-refractivity contribution >= 4 is 11.8 Å². The van der Waals surface area contributed by atoms with E-state index in [9.17, 15) is 9.59 Å². The van der Waals surface area contributed by atoms with Gasteiger partial charge in [-0.1, -0.05) is 42.8 Å². The van der Waals surface area contributed by atoms with Crippen LogP contribution in [0.4, 0.5) is 0 Å². The number of fused-ring (bicyclic) bond motifs is 1. The number of ether oxygens (including phenoxy) is 1. The lowest BCUT2D eigenvalue weighted by Gasteiger charge is -2.38. The van der Waals surface area contributed by atoms with E-state index in [1.165, 1.54) is 5.56 Å². The third-order valence-corrected chi connectivity index (χ3v) is 6.03. The molecule has 2 heterocycles. The monoisotopic (exact) mass is 446 g/mol. The topological polar surface area (TPSA) is 71.8 Å². The Morgan fingerprint density at radius 3 is 2.76 bits per heavy atom. The summed E-state index contributed by atoms with van der Waals surface area (Å²) in [6.45, 7) is 6.68. The summed E-state index contributed by atoms with van der Waals surface area (Å²) in [4.78, 5) is 27.3. The smallest absolute Gasteiger partial charge is 0.261 e. The van der Waals surface area contributed by atoms with Crippen LogP contribution in [0, 0.1) is 6.92 Å². The number of nitrogens with one attached hydrogen (secondary N) is 1. The predicted molar refractivity (Wildman–Crippen MR) is 126 cm³/mol. The zero-order chi connectivity index (χ0) is 23.4. The second kappa shape index (κ2) is 9.94. The van der Waals surface area contributed by atoms with Crippen LogP contribution in [-0.2, 0) is 22.6 Å². The van der Waals surface area contributed by atoms with Crippen LogP contribution < -0.4 is 10.1 Å². The van der Waals surface area contributed by atoms with Crippen molar-refractivity contribution < 1.29 is 18.7 Å². The van der Waals surface area contributed by atoms with Crippen LogP contribution in [0.3, 0.4) is 0 Å². The molecule has 2 unspecified atom stereocenters. The molecule has 6 heteroatoms. The number of carbonyl (C=O) groups excluding carboxylic acids is 2. The maximum absolute atomic E-state index is 12.8. The normalized spacial score (nSPS) is 16.1. The molecular formula is C27H30N2O4. The average molecular weight is 447 g/mol. The number of hydrogen-bond acceptors (Lipinski definition) is 4. The van der Waals surface area contributed by atoms with Crippen LogP contribution in [0.2, 0.25) is 0 Å². The Kier molecular flexibility index (Phi) is 6.82. The molecule has 172 valence electrons. The van der Waals surface area contributed by atoms with Gasteiger partial charge < -0.3 is 19.4 Å². The summed E-state index contributed by atoms with van der Waals surface area (Å²) >= 11 is 0. The molecule has 1 aliphatic rings. The maximum Gasteiger partial charge on any atom is 0.261 e. The lowest BCUT2D eigenvalue weighted by Crippen LogP contribution is -2.40. The molecule has 6 nitrogen and oxygen atoms in total. The minimum Gasteiger partial charge on any atom is -0.481 e. The Hall–Kier alpha value is -3.54. The van der Waals surface area contributed by atoms with Gasteiger partial charge in [0.2, 0.25) is 5.91 Å². The number of hydrogen-bond donors (Lipinski definition) is 1. The number of aryl methyl sites for hydroxylation is 1. The molecule has 0 fully saturated rings. The van der Waals surface area contributed by atoms with Crippen LogP contribution in [0.1, 0.15) is 54.3 Å². The van der Waals surface area contributed by atoms with E-state index >= 15 is 0 Å². The van der Waals surface area contributed by atoms with Gasteiger partial charge in [0.25, 0.3) is 5.91 Å². The number of nitrogens with zero attached hydrogens (tertiary/aromatic N) is 1. The van der Waals surface area contributed by atoms with Crippen LogP contribution in [0.25, 0.3) is 0 Å². The van der Waals surface area contributed by atoms with Gasteiger partial charge in [0.05, 0.1) is 18.8 Å². The van der Waals surface area contributed by atoms with E-state index in [0.29, 0.717) is 31.0 Å². The highest BCUT2D eigenvalue weighted by Gasteiger charge is 2.32. The first-order valence-corrected chi connectivity index (χ1v) is 11.4. The summed E-state index contributed by atoms with van der Waals surface area (Å²) in [7, 11) is 0. The van der Waals surface area contributed by atoms with Crippen molar-refractivity contribution in [2.24, 2.45) is 0 Å². The quantitative estimate of drug-likeness (QED) is 0.578. The van der Waals surface area contributed by atoms with Gasteiger partial charge in [-0.3, -0.25) is 9.59 Å². The molecule has 3 aromatic rings. The molecule has 33 heavy (non-hydrogen) atoms. The number of carbonyl (C=O) groups is 2. The lowest BCUT2D eigenvalue weighted by atomic mass is 9.87. The minimum absolute atomic E-state index is 0.129. The Bertz CT molecular complexity index is 1120. The van der Waals surface area contributed by atoms with Gasteiger partial charge in [-0.05, 0) is 61.2 Å². The SMILES string of the molecule is CCC(=O)N1CCc2ccc(OC(C)C(=O)NCc3ccco3)cc2C1c1cccc(C)c1. The second-order valence-electron chi connectivity index (χ2n) is 8.43. The fourth-order valence-corrected chi connectivity index (χ4v) is 4.33. The maximum atomic E-state index is 12.8. The molecule has 4 rings (SSSR count). The number of amides is 2. The van der Waals surface area contributed by atoms with Crippen LogP contribution >= 0.6 is 0 Å². The van der Waals surface area contributed by atoms with Crippen molar-refractivity contribution in [2.45, 2.75) is 52.3 Å². The molecule has 2 aromatic carbocycles. The minimum atomic E-state index is -0.674. The molecule has 0 bridgehead atoms. The van der Waals surface area contributed by atoms with Crippen molar-refractivity contribution in [1.29, 1.82) is 0 Å². The second-order valence-corrected chi connectivity index (χ2v) is 8.43. The van der Waals surface area contributed by atoms with Crippen LogP contribution in [-0.4, -0.2) is 29.4 Å². The van der Waals surface area contributed by atoms with Crippen molar-refractivity contribution in [1.82, 2.24) is 10.2 Å². The summed E-state index contributed by atoms with van der Waals surface area (Å²) in [6, 6.07) is 17.6. The highest BCUT2D eigenvalue weighted by atomic mass is 16.5. The van der Waals surface area contributed by atoms with E-state index in [1.807, 2.05) is 36.1 Å². The van der Waals surface area contributed by atoms with E-state index in [1.54, 1.807) is 19.3 Å². The highest BCUT2D eigenvalue weighted by molar-refractivity contribution is 5.80. The van der Waals surface area contributed by atoms with Crippen molar-refractivity contribution in [3.8, 4) is 5.75 Å². The standard InChI is InChI=1S/C27H30N2O4/c1-4-25(30)29-13-12-20-10-11-22(16-24(20)26(29)21-8-5-7-18(2)15-21)33-19(3)27(31)28-17-23-9-6-14-32-23/h5-11,14-16,19,26H,4,12-13,17H2,1-3H3,(H,28,31). The van der Waals surface area contributed by atoms with Crippen molar-refractivity contribution in [2.75, 3.05) is 6.54 Å². The van der Waals surface area contributed by atoms with E-state index in [4.69, 9.17) is 9.15 Å². The number of benzene rings is 2. The highest BCUT2D eigenvalue weighted by Crippen LogP contribution is 2.38. The van der Waals surface area contributed by atoms with Gasteiger partial charge in [-0.2, -0.15) is 0 Å². The number of furan rings is 1. The Morgan fingerprint density at radius 1 is 1.18 bits per heavy atom. The molecule has 0 saturated heterocycles. The molecule has 0 spiro atoms. The molecule has 1 aromatic heterocycles. The summed E-state index contributed by atoms with van der Waals surface area (Å²) in [5.41, 5.74) is 4.48. The van der Waals surface area contributed by atoms with Gasteiger partial charge in [0.15, 0.2) is 6.10 Å². The summed E-state index contributed by atoms with van der Waals surface area (Å²) in [6.07, 6.45) is 2.15. The van der Waals surface area contributed by atoms with Gasteiger partial charge in [-0.15, -0.1) is 0 Å². The molecule has 0 aliphatic carbocycles. The molecular weight excluding hydrogens is 416 g/mol. The van der Waals surface area contributed by atoms with Crippen molar-refractivity contribution in [3.05, 3.63) is 88.9 Å². The van der Waals surface area contributed by atoms with Gasteiger partial charge in [-0.25, -0.2) is 0 Å². The average Bonchev–Trinajstić information content (AvgIpc) is 3.35. The fourth-order valence-electron chi connectivity index (χ4n) is 4.33. The Labute approximate surface area is 194 Å². The summed E-state index contributed by atoms with van der Waals surface area (Å²) in [5.74, 6) is 1.20. The molecule has 2 amide bonds. The zero-order valence-electron chi connectivity index (χ0n) is 19.3. The predicted octanol–water partition coefficient (Wildman–Crippen LogP) is 4.56. The number of rotatable bonds is 7. The van der Waals surface area contributed by atoms with E-state index in [2.05, 4.69) is 36.5 Å². The van der Waals surface area contributed by atoms with Gasteiger partial charge >= 0.3 is 0 Å². The van der Waals surface area contributed by atoms with E-state index in [0.717, 1.165) is 23.1 Å². The fraction of sp³-hybridized carbons (Fsp3) is 0.333. The molecule has 1 N–H and O–H groups in total. The third-order valence-electron chi connectivity index (χ3n) is 6.03. The molecule has 0 radical (unpaired) electrons. The van der Waals surface area contributed by atoms with Gasteiger partial charge in [0, 0.05) is 13.0 Å². The Balaban J connectivity index is 1.57. The molecule has 1 aliphatic heterocycles. The lowest BCUT2D eigenvalue weighted by molar-refractivity contribution is -0.133. The largest absolute Gasteiger partial charge is 0.481 e. The Morgan fingerprint density at radius 2 is 2.03 bits per heavy atom. The summed E-state index contributed by atoms with van der Waals surface area (Å²) < 4.78 is 11.3.